The van der Waals surface area contributed by atoms with Gasteiger partial charge in [-0.05, 0) is 48.7 Å². The topological polar surface area (TPSA) is 12.0 Å². The first kappa shape index (κ1) is 11.3. The average Bonchev–Trinajstić information content (AvgIpc) is 2.76. The largest absolute Gasteiger partial charge is 0.312 e. The average molecular weight is 264 g/mol. The van der Waals surface area contributed by atoms with Crippen molar-refractivity contribution in [2.45, 2.75) is 19.9 Å². The summed E-state index contributed by atoms with van der Waals surface area (Å²) in [6.07, 6.45) is 1.14. The van der Waals surface area contributed by atoms with Gasteiger partial charge in [0.25, 0.3) is 0 Å². The van der Waals surface area contributed by atoms with Crippen molar-refractivity contribution < 1.29 is 0 Å². The summed E-state index contributed by atoms with van der Waals surface area (Å²) in [6, 6.07) is 8.64. The van der Waals surface area contributed by atoms with Gasteiger partial charge in [-0.1, -0.05) is 23.7 Å². The van der Waals surface area contributed by atoms with Gasteiger partial charge in [0.1, 0.15) is 0 Å². The van der Waals surface area contributed by atoms with Gasteiger partial charge >= 0.3 is 0 Å². The summed E-state index contributed by atoms with van der Waals surface area (Å²) >= 11 is 8.06. The molecule has 2 heterocycles. The molecule has 2 aromatic rings. The van der Waals surface area contributed by atoms with Crippen molar-refractivity contribution in [1.29, 1.82) is 0 Å². The standard InChI is InChI=1S/C14H14ClNS/c1-9-2-3-10(6-12(9)15)13-7-11-4-5-16-8-14(11)17-13/h2-3,6-7,16H,4-5,8H2,1H3. The second-order valence-electron chi connectivity index (χ2n) is 4.45. The first-order valence-electron chi connectivity index (χ1n) is 5.83. The zero-order chi connectivity index (χ0) is 11.8. The van der Waals surface area contributed by atoms with Crippen LogP contribution in [-0.4, -0.2) is 6.54 Å². The highest BCUT2D eigenvalue weighted by atomic mass is 35.5. The van der Waals surface area contributed by atoms with Crippen LogP contribution in [0.25, 0.3) is 10.4 Å². The van der Waals surface area contributed by atoms with Crippen LogP contribution in [0.3, 0.4) is 0 Å². The maximum absolute atomic E-state index is 6.18. The summed E-state index contributed by atoms with van der Waals surface area (Å²) in [5.41, 5.74) is 3.87. The van der Waals surface area contributed by atoms with E-state index in [1.807, 2.05) is 18.3 Å². The lowest BCUT2D eigenvalue weighted by atomic mass is 10.1. The third-order valence-electron chi connectivity index (χ3n) is 3.21. The normalized spacial score (nSPS) is 14.7. The highest BCUT2D eigenvalue weighted by molar-refractivity contribution is 7.15. The van der Waals surface area contributed by atoms with Crippen molar-refractivity contribution in [3.63, 3.8) is 0 Å². The fourth-order valence-electron chi connectivity index (χ4n) is 2.14. The van der Waals surface area contributed by atoms with Gasteiger partial charge in [0.2, 0.25) is 0 Å². The quantitative estimate of drug-likeness (QED) is 0.819. The molecule has 0 saturated carbocycles. The number of nitrogens with one attached hydrogen (secondary N) is 1. The van der Waals surface area contributed by atoms with Crippen LogP contribution in [0.2, 0.25) is 5.02 Å². The highest BCUT2D eigenvalue weighted by Gasteiger charge is 2.13. The van der Waals surface area contributed by atoms with Crippen molar-refractivity contribution in [2.75, 3.05) is 6.54 Å². The maximum atomic E-state index is 6.18. The lowest BCUT2D eigenvalue weighted by Gasteiger charge is -2.10. The van der Waals surface area contributed by atoms with Gasteiger partial charge in [0, 0.05) is 21.3 Å². The summed E-state index contributed by atoms with van der Waals surface area (Å²) in [7, 11) is 0. The van der Waals surface area contributed by atoms with Crippen LogP contribution in [0.5, 0.6) is 0 Å². The molecule has 1 N–H and O–H groups in total. The van der Waals surface area contributed by atoms with E-state index in [0.717, 1.165) is 30.1 Å². The van der Waals surface area contributed by atoms with Gasteiger partial charge in [-0.2, -0.15) is 0 Å². The Bertz CT molecular complexity index is 536. The number of halogens is 1. The van der Waals surface area contributed by atoms with Crippen molar-refractivity contribution in [1.82, 2.24) is 5.32 Å². The Balaban J connectivity index is 2.03. The Morgan fingerprint density at radius 2 is 2.18 bits per heavy atom. The van der Waals surface area contributed by atoms with Gasteiger partial charge in [-0.25, -0.2) is 0 Å². The van der Waals surface area contributed by atoms with Gasteiger partial charge in [-0.15, -0.1) is 11.3 Å². The molecule has 1 aliphatic rings. The van der Waals surface area contributed by atoms with E-state index in [2.05, 4.69) is 29.6 Å². The van der Waals surface area contributed by atoms with Crippen molar-refractivity contribution in [3.05, 3.63) is 45.3 Å². The molecule has 1 nitrogen and oxygen atoms in total. The van der Waals surface area contributed by atoms with E-state index in [9.17, 15) is 0 Å². The molecule has 3 heteroatoms. The number of fused-ring (bicyclic) bond motifs is 1. The molecule has 88 valence electrons. The van der Waals surface area contributed by atoms with Gasteiger partial charge in [-0.3, -0.25) is 0 Å². The Morgan fingerprint density at radius 3 is 2.94 bits per heavy atom. The molecule has 17 heavy (non-hydrogen) atoms. The molecule has 1 aromatic carbocycles. The minimum atomic E-state index is 0.854. The number of hydrogen-bond donors (Lipinski definition) is 1. The molecule has 0 spiro atoms. The van der Waals surface area contributed by atoms with Gasteiger partial charge in [0.15, 0.2) is 0 Å². The first-order valence-corrected chi connectivity index (χ1v) is 7.02. The molecule has 0 unspecified atom stereocenters. The molecule has 0 atom stereocenters. The summed E-state index contributed by atoms with van der Waals surface area (Å²) in [4.78, 5) is 2.81. The van der Waals surface area contributed by atoms with Crippen LogP contribution in [0.4, 0.5) is 0 Å². The van der Waals surface area contributed by atoms with E-state index >= 15 is 0 Å². The maximum Gasteiger partial charge on any atom is 0.0441 e. The second kappa shape index (κ2) is 4.45. The van der Waals surface area contributed by atoms with E-state index in [0.29, 0.717) is 0 Å². The summed E-state index contributed by atoms with van der Waals surface area (Å²) in [5.74, 6) is 0. The third kappa shape index (κ3) is 2.13. The molecule has 0 radical (unpaired) electrons. The Kier molecular flexibility index (Phi) is 2.95. The molecule has 0 saturated heterocycles. The molecule has 0 amide bonds. The highest BCUT2D eigenvalue weighted by Crippen LogP contribution is 2.34. The minimum absolute atomic E-state index is 0.854. The Morgan fingerprint density at radius 1 is 1.29 bits per heavy atom. The van der Waals surface area contributed by atoms with Crippen LogP contribution >= 0.6 is 22.9 Å². The first-order chi connectivity index (χ1) is 8.24. The lowest BCUT2D eigenvalue weighted by molar-refractivity contribution is 0.655. The SMILES string of the molecule is Cc1ccc(-c2cc3c(s2)CNCC3)cc1Cl. The Labute approximate surface area is 110 Å². The molecule has 1 aliphatic heterocycles. The zero-order valence-electron chi connectivity index (χ0n) is 9.72. The van der Waals surface area contributed by atoms with E-state index in [-0.39, 0.29) is 0 Å². The predicted molar refractivity (Wildman–Crippen MR) is 74.9 cm³/mol. The number of aryl methyl sites for hydroxylation is 1. The van der Waals surface area contributed by atoms with Crippen LogP contribution in [0.15, 0.2) is 24.3 Å². The fraction of sp³-hybridized carbons (Fsp3) is 0.286. The van der Waals surface area contributed by atoms with E-state index in [1.54, 1.807) is 0 Å². The fourth-order valence-corrected chi connectivity index (χ4v) is 3.50. The minimum Gasteiger partial charge on any atom is -0.312 e. The van der Waals surface area contributed by atoms with E-state index in [1.165, 1.54) is 20.9 Å². The van der Waals surface area contributed by atoms with Crippen molar-refractivity contribution >= 4 is 22.9 Å². The van der Waals surface area contributed by atoms with Crippen LogP contribution in [-0.2, 0) is 13.0 Å². The predicted octanol–water partition coefficient (Wildman–Crippen LogP) is 4.02. The number of benzene rings is 1. The Hall–Kier alpha value is -0.830. The second-order valence-corrected chi connectivity index (χ2v) is 5.99. The molecular formula is C14H14ClNS. The third-order valence-corrected chi connectivity index (χ3v) is 4.84. The summed E-state index contributed by atoms with van der Waals surface area (Å²) < 4.78 is 0. The molecule has 0 fully saturated rings. The lowest BCUT2D eigenvalue weighted by Crippen LogP contribution is -2.21. The van der Waals surface area contributed by atoms with Gasteiger partial charge in [0.05, 0.1) is 0 Å². The van der Waals surface area contributed by atoms with E-state index in [4.69, 9.17) is 11.6 Å². The van der Waals surface area contributed by atoms with Crippen LogP contribution in [0, 0.1) is 6.92 Å². The summed E-state index contributed by atoms with van der Waals surface area (Å²) in [6.45, 7) is 4.15. The summed E-state index contributed by atoms with van der Waals surface area (Å²) in [5, 5.41) is 4.26. The van der Waals surface area contributed by atoms with E-state index < -0.39 is 0 Å². The number of thiophene rings is 1. The molecule has 0 bridgehead atoms. The smallest absolute Gasteiger partial charge is 0.0441 e. The van der Waals surface area contributed by atoms with Crippen molar-refractivity contribution in [2.24, 2.45) is 0 Å². The number of rotatable bonds is 1. The molecular weight excluding hydrogens is 250 g/mol. The van der Waals surface area contributed by atoms with Crippen LogP contribution in [0.1, 0.15) is 16.0 Å². The molecule has 0 aliphatic carbocycles. The number of hydrogen-bond acceptors (Lipinski definition) is 2. The van der Waals surface area contributed by atoms with Crippen LogP contribution < -0.4 is 5.32 Å². The zero-order valence-corrected chi connectivity index (χ0v) is 11.3. The molecule has 1 aromatic heterocycles. The molecule has 3 rings (SSSR count). The van der Waals surface area contributed by atoms with Gasteiger partial charge < -0.3 is 5.32 Å². The monoisotopic (exact) mass is 263 g/mol. The van der Waals surface area contributed by atoms with Crippen molar-refractivity contribution in [3.8, 4) is 10.4 Å².